The van der Waals surface area contributed by atoms with Crippen LogP contribution in [0.25, 0.3) is 0 Å². The number of hydrogen-bond donors (Lipinski definition) is 1. The number of hydrogen-bond acceptors (Lipinski definition) is 2. The molecule has 0 aliphatic carbocycles. The van der Waals surface area contributed by atoms with Crippen LogP contribution in [-0.4, -0.2) is 4.99 Å². The zero-order valence-electron chi connectivity index (χ0n) is 9.60. The van der Waals surface area contributed by atoms with Gasteiger partial charge in [-0.15, -0.1) is 0 Å². The van der Waals surface area contributed by atoms with Crippen LogP contribution in [-0.2, 0) is 6.61 Å². The molecule has 4 heteroatoms. The number of benzene rings is 2. The van der Waals surface area contributed by atoms with Gasteiger partial charge in [-0.3, -0.25) is 0 Å². The number of thiocarbonyl (C=S) groups is 1. The summed E-state index contributed by atoms with van der Waals surface area (Å²) >= 11 is 4.81. The van der Waals surface area contributed by atoms with Gasteiger partial charge < -0.3 is 10.5 Å². The molecule has 2 rings (SSSR count). The molecule has 0 atom stereocenters. The predicted octanol–water partition coefficient (Wildman–Crippen LogP) is 3.04. The standard InChI is InChI=1S/C14H12FNOS/c15-12-6-11(14(16)18)7-13(8-12)17-9-10-4-2-1-3-5-10/h1-8H,9H2,(H2,16,18). The first-order chi connectivity index (χ1) is 8.65. The Bertz CT molecular complexity index is 557. The van der Waals surface area contributed by atoms with Crippen molar-refractivity contribution in [3.63, 3.8) is 0 Å². The van der Waals surface area contributed by atoms with E-state index in [1.807, 2.05) is 30.3 Å². The van der Waals surface area contributed by atoms with E-state index >= 15 is 0 Å². The van der Waals surface area contributed by atoms with Crippen molar-refractivity contribution in [3.8, 4) is 5.75 Å². The average molecular weight is 261 g/mol. The smallest absolute Gasteiger partial charge is 0.127 e. The largest absolute Gasteiger partial charge is 0.489 e. The summed E-state index contributed by atoms with van der Waals surface area (Å²) in [6.07, 6.45) is 0. The number of rotatable bonds is 4. The molecule has 18 heavy (non-hydrogen) atoms. The van der Waals surface area contributed by atoms with Crippen LogP contribution in [0.15, 0.2) is 48.5 Å². The molecule has 0 saturated heterocycles. The Kier molecular flexibility index (Phi) is 3.89. The SMILES string of the molecule is NC(=S)c1cc(F)cc(OCc2ccccc2)c1. The molecule has 0 radical (unpaired) electrons. The summed E-state index contributed by atoms with van der Waals surface area (Å²) in [7, 11) is 0. The second-order valence-corrected chi connectivity index (χ2v) is 4.25. The number of ether oxygens (including phenoxy) is 1. The van der Waals surface area contributed by atoms with Crippen LogP contribution in [0.5, 0.6) is 5.75 Å². The molecular weight excluding hydrogens is 249 g/mol. The first kappa shape index (κ1) is 12.5. The highest BCUT2D eigenvalue weighted by atomic mass is 32.1. The van der Waals surface area contributed by atoms with Gasteiger partial charge in [0.05, 0.1) is 0 Å². The van der Waals surface area contributed by atoms with E-state index in [0.29, 0.717) is 17.9 Å². The maximum atomic E-state index is 13.3. The van der Waals surface area contributed by atoms with Crippen molar-refractivity contribution in [2.45, 2.75) is 6.61 Å². The van der Waals surface area contributed by atoms with Crippen molar-refractivity contribution in [1.29, 1.82) is 0 Å². The molecule has 92 valence electrons. The summed E-state index contributed by atoms with van der Waals surface area (Å²) in [5, 5.41) is 0. The fourth-order valence-electron chi connectivity index (χ4n) is 1.53. The second-order valence-electron chi connectivity index (χ2n) is 3.81. The predicted molar refractivity (Wildman–Crippen MR) is 73.1 cm³/mol. The van der Waals surface area contributed by atoms with Gasteiger partial charge in [0.15, 0.2) is 0 Å². The fourth-order valence-corrected chi connectivity index (χ4v) is 1.65. The molecule has 0 unspecified atom stereocenters. The molecule has 2 aromatic rings. The molecule has 2 aromatic carbocycles. The van der Waals surface area contributed by atoms with Gasteiger partial charge in [0.1, 0.15) is 23.2 Å². The van der Waals surface area contributed by atoms with Gasteiger partial charge in [-0.2, -0.15) is 0 Å². The van der Waals surface area contributed by atoms with Crippen LogP contribution >= 0.6 is 12.2 Å². The summed E-state index contributed by atoms with van der Waals surface area (Å²) in [5.74, 6) is 0.00464. The summed E-state index contributed by atoms with van der Waals surface area (Å²) < 4.78 is 18.8. The fraction of sp³-hybridized carbons (Fsp3) is 0.0714. The summed E-state index contributed by atoms with van der Waals surface area (Å²) in [6.45, 7) is 0.376. The van der Waals surface area contributed by atoms with E-state index in [4.69, 9.17) is 22.7 Å². The molecular formula is C14H12FNOS. The third-order valence-electron chi connectivity index (χ3n) is 2.40. The minimum absolute atomic E-state index is 0.152. The lowest BCUT2D eigenvalue weighted by molar-refractivity contribution is 0.304. The maximum absolute atomic E-state index is 13.3. The van der Waals surface area contributed by atoms with Crippen LogP contribution in [0.4, 0.5) is 4.39 Å². The Hall–Kier alpha value is -1.94. The lowest BCUT2D eigenvalue weighted by Gasteiger charge is -2.08. The van der Waals surface area contributed by atoms with Crippen molar-refractivity contribution < 1.29 is 9.13 Å². The molecule has 0 bridgehead atoms. The quantitative estimate of drug-likeness (QED) is 0.859. The van der Waals surface area contributed by atoms with E-state index in [1.165, 1.54) is 12.1 Å². The van der Waals surface area contributed by atoms with E-state index in [2.05, 4.69) is 0 Å². The second kappa shape index (κ2) is 5.60. The topological polar surface area (TPSA) is 35.2 Å². The number of nitrogens with two attached hydrogens (primary N) is 1. The van der Waals surface area contributed by atoms with Crippen molar-refractivity contribution in [3.05, 3.63) is 65.5 Å². The lowest BCUT2D eigenvalue weighted by atomic mass is 10.2. The van der Waals surface area contributed by atoms with Crippen LogP contribution in [0.2, 0.25) is 0 Å². The summed E-state index contributed by atoms with van der Waals surface area (Å²) in [5.41, 5.74) is 6.95. The average Bonchev–Trinajstić information content (AvgIpc) is 2.37. The molecule has 0 amide bonds. The van der Waals surface area contributed by atoms with Crippen molar-refractivity contribution in [1.82, 2.24) is 0 Å². The minimum atomic E-state index is -0.414. The van der Waals surface area contributed by atoms with E-state index in [9.17, 15) is 4.39 Å². The zero-order valence-corrected chi connectivity index (χ0v) is 10.4. The Morgan fingerprint density at radius 2 is 1.89 bits per heavy atom. The van der Waals surface area contributed by atoms with Crippen LogP contribution < -0.4 is 10.5 Å². The van der Waals surface area contributed by atoms with E-state index < -0.39 is 5.82 Å². The Morgan fingerprint density at radius 1 is 1.17 bits per heavy atom. The molecule has 0 heterocycles. The molecule has 0 aromatic heterocycles. The third kappa shape index (κ3) is 3.28. The normalized spacial score (nSPS) is 10.1. The van der Waals surface area contributed by atoms with Crippen LogP contribution in [0, 0.1) is 5.82 Å². The molecule has 0 fully saturated rings. The van der Waals surface area contributed by atoms with Crippen LogP contribution in [0.3, 0.4) is 0 Å². The highest BCUT2D eigenvalue weighted by Gasteiger charge is 2.04. The zero-order chi connectivity index (χ0) is 13.0. The minimum Gasteiger partial charge on any atom is -0.489 e. The molecule has 0 aliphatic heterocycles. The monoisotopic (exact) mass is 261 g/mol. The van der Waals surface area contributed by atoms with Gasteiger partial charge in [0.25, 0.3) is 0 Å². The van der Waals surface area contributed by atoms with E-state index in [-0.39, 0.29) is 4.99 Å². The lowest BCUT2D eigenvalue weighted by Crippen LogP contribution is -2.10. The van der Waals surface area contributed by atoms with Gasteiger partial charge >= 0.3 is 0 Å². The summed E-state index contributed by atoms with van der Waals surface area (Å²) in [6, 6.07) is 13.9. The van der Waals surface area contributed by atoms with Gasteiger partial charge in [0, 0.05) is 11.6 Å². The van der Waals surface area contributed by atoms with Crippen molar-refractivity contribution in [2.75, 3.05) is 0 Å². The first-order valence-corrected chi connectivity index (χ1v) is 5.83. The van der Waals surface area contributed by atoms with Gasteiger partial charge in [-0.1, -0.05) is 42.5 Å². The first-order valence-electron chi connectivity index (χ1n) is 5.42. The maximum Gasteiger partial charge on any atom is 0.127 e. The van der Waals surface area contributed by atoms with Crippen molar-refractivity contribution >= 4 is 17.2 Å². The number of halogens is 1. The van der Waals surface area contributed by atoms with E-state index in [1.54, 1.807) is 6.07 Å². The Labute approximate surface area is 110 Å². The summed E-state index contributed by atoms with van der Waals surface area (Å²) in [4.78, 5) is 0.152. The Balaban J connectivity index is 2.12. The molecule has 0 aliphatic rings. The third-order valence-corrected chi connectivity index (χ3v) is 2.64. The highest BCUT2D eigenvalue weighted by molar-refractivity contribution is 7.80. The van der Waals surface area contributed by atoms with Gasteiger partial charge in [-0.25, -0.2) is 4.39 Å². The molecule has 0 saturated carbocycles. The molecule has 2 N–H and O–H groups in total. The Morgan fingerprint density at radius 3 is 2.56 bits per heavy atom. The van der Waals surface area contributed by atoms with Gasteiger partial charge in [-0.05, 0) is 17.7 Å². The van der Waals surface area contributed by atoms with Gasteiger partial charge in [0.2, 0.25) is 0 Å². The molecule has 0 spiro atoms. The van der Waals surface area contributed by atoms with Crippen LogP contribution in [0.1, 0.15) is 11.1 Å². The highest BCUT2D eigenvalue weighted by Crippen LogP contribution is 2.17. The molecule has 2 nitrogen and oxygen atoms in total. The van der Waals surface area contributed by atoms with Crippen molar-refractivity contribution in [2.24, 2.45) is 5.73 Å². The van der Waals surface area contributed by atoms with E-state index in [0.717, 1.165) is 5.56 Å².